The highest BCUT2D eigenvalue weighted by molar-refractivity contribution is 5.81. The van der Waals surface area contributed by atoms with E-state index in [0.29, 0.717) is 6.92 Å². The summed E-state index contributed by atoms with van der Waals surface area (Å²) in [6.07, 6.45) is -10.3. The smallest absolute Gasteiger partial charge is 0.293 e. The minimum Gasteiger partial charge on any atom is -0.293 e. The summed E-state index contributed by atoms with van der Waals surface area (Å²) in [4.78, 5) is 18.0. The van der Waals surface area contributed by atoms with E-state index in [9.17, 15) is 31.1 Å². The highest BCUT2D eigenvalue weighted by Crippen LogP contribution is 2.14. The number of carbonyl (C=O) groups excluding carboxylic acids is 2. The molecule has 8 heteroatoms. The van der Waals surface area contributed by atoms with Crippen LogP contribution in [0.4, 0.5) is 26.3 Å². The lowest BCUT2D eigenvalue weighted by Gasteiger charge is -1.95. The lowest BCUT2D eigenvalue weighted by Crippen LogP contribution is -2.18. The van der Waals surface area contributed by atoms with E-state index < -0.39 is 24.4 Å². The zero-order chi connectivity index (χ0) is 11.3. The van der Waals surface area contributed by atoms with Crippen LogP contribution in [0.3, 0.4) is 0 Å². The number of hydrogen-bond donors (Lipinski definition) is 0. The third-order valence-corrected chi connectivity index (χ3v) is 0.533. The second kappa shape index (κ2) is 4.83. The van der Waals surface area contributed by atoms with Gasteiger partial charge >= 0.3 is 12.4 Å². The molecule has 0 N–H and O–H groups in total. The maximum atomic E-state index is 10.8. The van der Waals surface area contributed by atoms with Gasteiger partial charge < -0.3 is 0 Å². The Hall–Kier alpha value is -1.08. The minimum absolute atomic E-state index is 0.486. The van der Waals surface area contributed by atoms with Gasteiger partial charge in [-0.15, -0.1) is 0 Å². The SMILES string of the molecule is CC(=O)C(F)(F)F.O=CC(F)(F)F. The van der Waals surface area contributed by atoms with Crippen molar-refractivity contribution >= 4 is 12.1 Å². The van der Waals surface area contributed by atoms with E-state index in [2.05, 4.69) is 0 Å². The number of halogens is 6. The first-order chi connectivity index (χ1) is 5.50. The Labute approximate surface area is 68.5 Å². The van der Waals surface area contributed by atoms with Gasteiger partial charge in [0, 0.05) is 6.92 Å². The van der Waals surface area contributed by atoms with Gasteiger partial charge in [-0.3, -0.25) is 9.59 Å². The molecule has 0 rings (SSSR count). The van der Waals surface area contributed by atoms with E-state index >= 15 is 0 Å². The van der Waals surface area contributed by atoms with Crippen LogP contribution in [0.1, 0.15) is 6.92 Å². The van der Waals surface area contributed by atoms with Gasteiger partial charge in [0.15, 0.2) is 0 Å². The number of carbonyl (C=O) groups is 2. The van der Waals surface area contributed by atoms with Crippen LogP contribution >= 0.6 is 0 Å². The van der Waals surface area contributed by atoms with Crippen LogP contribution in [0.5, 0.6) is 0 Å². The van der Waals surface area contributed by atoms with Gasteiger partial charge in [0.2, 0.25) is 12.1 Å². The summed E-state index contributed by atoms with van der Waals surface area (Å²) in [6, 6.07) is 0. The molecule has 0 aromatic carbocycles. The van der Waals surface area contributed by atoms with Crippen molar-refractivity contribution in [2.24, 2.45) is 0 Å². The van der Waals surface area contributed by atoms with E-state index in [1.165, 1.54) is 0 Å². The Kier molecular flexibility index (Phi) is 5.36. The molecule has 0 saturated heterocycles. The van der Waals surface area contributed by atoms with Gasteiger partial charge in [-0.1, -0.05) is 0 Å². The molecule has 13 heavy (non-hydrogen) atoms. The molecular formula is C5H4F6O2. The zero-order valence-electron chi connectivity index (χ0n) is 6.16. The van der Waals surface area contributed by atoms with Crippen LogP contribution in [0.15, 0.2) is 0 Å². The van der Waals surface area contributed by atoms with Crippen molar-refractivity contribution in [1.82, 2.24) is 0 Å². The average Bonchev–Trinajstić information content (AvgIpc) is 1.85. The van der Waals surface area contributed by atoms with Crippen molar-refractivity contribution in [3.8, 4) is 0 Å². The molecule has 78 valence electrons. The minimum atomic E-state index is -4.64. The fourth-order valence-corrected chi connectivity index (χ4v) is 0. The summed E-state index contributed by atoms with van der Waals surface area (Å²) in [7, 11) is 0. The standard InChI is InChI=1S/C3H3F3O.C2HF3O/c1-2(7)3(4,5)6;3-2(4,5)1-6/h1H3;1H. The van der Waals surface area contributed by atoms with Crippen molar-refractivity contribution in [3.63, 3.8) is 0 Å². The van der Waals surface area contributed by atoms with E-state index in [-0.39, 0.29) is 0 Å². The Morgan fingerprint density at radius 2 is 1.23 bits per heavy atom. The Bertz CT molecular complexity index is 178. The third-order valence-electron chi connectivity index (χ3n) is 0.533. The topological polar surface area (TPSA) is 34.1 Å². The largest absolute Gasteiger partial charge is 0.449 e. The van der Waals surface area contributed by atoms with Crippen molar-refractivity contribution in [2.75, 3.05) is 0 Å². The van der Waals surface area contributed by atoms with Gasteiger partial charge in [0.05, 0.1) is 0 Å². The second-order valence-electron chi connectivity index (χ2n) is 1.71. The lowest BCUT2D eigenvalue weighted by atomic mass is 10.5. The monoisotopic (exact) mass is 210 g/mol. The highest BCUT2D eigenvalue weighted by atomic mass is 19.4. The number of rotatable bonds is 0. The van der Waals surface area contributed by atoms with Crippen LogP contribution in [0, 0.1) is 0 Å². The fourth-order valence-electron chi connectivity index (χ4n) is 0. The number of aldehydes is 1. The van der Waals surface area contributed by atoms with Gasteiger partial charge in [0.1, 0.15) is 0 Å². The van der Waals surface area contributed by atoms with E-state index in [4.69, 9.17) is 4.79 Å². The summed E-state index contributed by atoms with van der Waals surface area (Å²) < 4.78 is 63.7. The van der Waals surface area contributed by atoms with E-state index in [1.54, 1.807) is 0 Å². The van der Waals surface area contributed by atoms with Gasteiger partial charge in [0.25, 0.3) is 0 Å². The van der Waals surface area contributed by atoms with Gasteiger partial charge in [-0.05, 0) is 0 Å². The quantitative estimate of drug-likeness (QED) is 0.452. The molecule has 0 aliphatic rings. The summed E-state index contributed by atoms with van der Waals surface area (Å²) in [6.45, 7) is 0.486. The van der Waals surface area contributed by atoms with E-state index in [1.807, 2.05) is 0 Å². The van der Waals surface area contributed by atoms with Crippen LogP contribution in [-0.4, -0.2) is 24.4 Å². The number of alkyl halides is 6. The molecule has 0 bridgehead atoms. The molecule has 0 spiro atoms. The van der Waals surface area contributed by atoms with Crippen molar-refractivity contribution in [1.29, 1.82) is 0 Å². The summed E-state index contributed by atoms with van der Waals surface area (Å²) in [5.74, 6) is -1.76. The van der Waals surface area contributed by atoms with Crippen LogP contribution in [0.25, 0.3) is 0 Å². The van der Waals surface area contributed by atoms with Crippen molar-refractivity contribution in [2.45, 2.75) is 19.3 Å². The lowest BCUT2D eigenvalue weighted by molar-refractivity contribution is -0.168. The maximum Gasteiger partial charge on any atom is 0.449 e. The number of hydrogen-bond acceptors (Lipinski definition) is 2. The van der Waals surface area contributed by atoms with Crippen molar-refractivity contribution < 1.29 is 35.9 Å². The molecular weight excluding hydrogens is 206 g/mol. The number of Topliss-reactive ketones (excluding diaryl/α,β-unsaturated/α-hetero) is 1. The predicted octanol–water partition coefficient (Wildman–Crippen LogP) is 1.89. The van der Waals surface area contributed by atoms with E-state index in [0.717, 1.165) is 0 Å². The molecule has 0 radical (unpaired) electrons. The molecule has 0 aromatic heterocycles. The van der Waals surface area contributed by atoms with Crippen molar-refractivity contribution in [3.05, 3.63) is 0 Å². The maximum absolute atomic E-state index is 10.8. The zero-order valence-corrected chi connectivity index (χ0v) is 6.16. The van der Waals surface area contributed by atoms with Gasteiger partial charge in [-0.2, -0.15) is 26.3 Å². The normalized spacial score (nSPS) is 11.3. The molecule has 0 aliphatic heterocycles. The average molecular weight is 210 g/mol. The van der Waals surface area contributed by atoms with Crippen LogP contribution in [-0.2, 0) is 9.59 Å². The van der Waals surface area contributed by atoms with Crippen LogP contribution < -0.4 is 0 Å². The fraction of sp³-hybridized carbons (Fsp3) is 0.600. The Balaban J connectivity index is 0. The second-order valence-corrected chi connectivity index (χ2v) is 1.71. The molecule has 2 nitrogen and oxygen atoms in total. The molecule has 0 aliphatic carbocycles. The number of ketones is 1. The highest BCUT2D eigenvalue weighted by Gasteiger charge is 2.33. The summed E-state index contributed by atoms with van der Waals surface area (Å²) >= 11 is 0. The first kappa shape index (κ1) is 14.4. The third kappa shape index (κ3) is 13.9. The Morgan fingerprint density at radius 3 is 1.23 bits per heavy atom. The summed E-state index contributed by atoms with van der Waals surface area (Å²) in [5, 5.41) is 0. The first-order valence-corrected chi connectivity index (χ1v) is 2.61. The molecule has 0 aromatic rings. The predicted molar refractivity (Wildman–Crippen MR) is 28.9 cm³/mol. The molecule has 0 fully saturated rings. The molecule has 0 unspecified atom stereocenters. The molecule has 0 amide bonds. The van der Waals surface area contributed by atoms with Gasteiger partial charge in [-0.25, -0.2) is 0 Å². The first-order valence-electron chi connectivity index (χ1n) is 2.61. The Morgan fingerprint density at radius 1 is 1.08 bits per heavy atom. The van der Waals surface area contributed by atoms with Crippen LogP contribution in [0.2, 0.25) is 0 Å². The molecule has 0 heterocycles. The molecule has 0 saturated carbocycles. The molecule has 0 atom stereocenters. The summed E-state index contributed by atoms with van der Waals surface area (Å²) in [5.41, 5.74) is 0.